The number of hydrogen-bond acceptors (Lipinski definition) is 2. The number of carbonyl (C=O) groups is 1. The Morgan fingerprint density at radius 1 is 1.50 bits per heavy atom. The van der Waals surface area contributed by atoms with Gasteiger partial charge in [0.15, 0.2) is 0 Å². The maximum absolute atomic E-state index is 11.9. The number of rotatable bonds is 4. The van der Waals surface area contributed by atoms with E-state index in [1.807, 2.05) is 38.1 Å². The highest BCUT2D eigenvalue weighted by Gasteiger charge is 2.42. The Bertz CT molecular complexity index is 443. The van der Waals surface area contributed by atoms with Crippen LogP contribution in [-0.4, -0.2) is 23.3 Å². The molecule has 1 aromatic rings. The van der Waals surface area contributed by atoms with Gasteiger partial charge >= 0.3 is 6.03 Å². The number of benzene rings is 1. The van der Waals surface area contributed by atoms with Gasteiger partial charge in [-0.15, -0.1) is 0 Å². The molecule has 1 aliphatic carbocycles. The molecule has 18 heavy (non-hydrogen) atoms. The van der Waals surface area contributed by atoms with E-state index < -0.39 is 5.54 Å². The van der Waals surface area contributed by atoms with Crippen LogP contribution in [0.2, 0.25) is 0 Å². The second-order valence-electron chi connectivity index (χ2n) is 5.30. The van der Waals surface area contributed by atoms with E-state index in [-0.39, 0.29) is 12.6 Å². The number of aryl methyl sites for hydroxylation is 1. The third-order valence-electron chi connectivity index (χ3n) is 3.48. The number of nitrogens with one attached hydrogen (secondary N) is 2. The molecule has 0 aliphatic heterocycles. The van der Waals surface area contributed by atoms with Gasteiger partial charge in [0.25, 0.3) is 0 Å². The molecule has 98 valence electrons. The van der Waals surface area contributed by atoms with Crippen molar-refractivity contribution in [2.75, 3.05) is 11.9 Å². The van der Waals surface area contributed by atoms with Crippen LogP contribution in [0.3, 0.4) is 0 Å². The van der Waals surface area contributed by atoms with Gasteiger partial charge in [-0.2, -0.15) is 0 Å². The highest BCUT2D eigenvalue weighted by Crippen LogP contribution is 2.39. The minimum atomic E-state index is -0.506. The van der Waals surface area contributed by atoms with Crippen LogP contribution in [0.15, 0.2) is 24.3 Å². The predicted octanol–water partition coefficient (Wildman–Crippen LogP) is 2.28. The van der Waals surface area contributed by atoms with E-state index in [0.29, 0.717) is 5.92 Å². The molecule has 2 rings (SSSR count). The standard InChI is InChI=1S/C14H20N2O2/c1-10-4-3-5-12(8-10)15-13(18)16-14(2,9-17)11-6-7-11/h3-5,8,11,17H,6-7,9H2,1-2H3,(H2,15,16,18). The molecule has 0 radical (unpaired) electrons. The summed E-state index contributed by atoms with van der Waals surface area (Å²) in [4.78, 5) is 11.9. The fraction of sp³-hybridized carbons (Fsp3) is 0.500. The number of anilines is 1. The van der Waals surface area contributed by atoms with Gasteiger partial charge in [-0.25, -0.2) is 4.79 Å². The van der Waals surface area contributed by atoms with Crippen LogP contribution in [0.5, 0.6) is 0 Å². The molecule has 1 aromatic carbocycles. The van der Waals surface area contributed by atoms with Crippen molar-refractivity contribution < 1.29 is 9.90 Å². The number of hydrogen-bond donors (Lipinski definition) is 3. The first-order valence-electron chi connectivity index (χ1n) is 6.30. The van der Waals surface area contributed by atoms with E-state index in [0.717, 1.165) is 24.1 Å². The van der Waals surface area contributed by atoms with E-state index in [9.17, 15) is 9.90 Å². The molecular weight excluding hydrogens is 228 g/mol. The van der Waals surface area contributed by atoms with E-state index in [1.165, 1.54) is 0 Å². The van der Waals surface area contributed by atoms with Crippen molar-refractivity contribution in [3.8, 4) is 0 Å². The second kappa shape index (κ2) is 4.98. The number of aliphatic hydroxyl groups excluding tert-OH is 1. The first kappa shape index (κ1) is 12.9. The molecule has 0 spiro atoms. The maximum Gasteiger partial charge on any atom is 0.319 e. The van der Waals surface area contributed by atoms with Crippen molar-refractivity contribution in [2.24, 2.45) is 5.92 Å². The van der Waals surface area contributed by atoms with Crippen molar-refractivity contribution in [1.82, 2.24) is 5.32 Å². The first-order valence-corrected chi connectivity index (χ1v) is 6.30. The predicted molar refractivity (Wildman–Crippen MR) is 71.5 cm³/mol. The molecule has 1 aliphatic rings. The zero-order valence-electron chi connectivity index (χ0n) is 10.9. The summed E-state index contributed by atoms with van der Waals surface area (Å²) in [5.41, 5.74) is 1.36. The molecule has 3 N–H and O–H groups in total. The van der Waals surface area contributed by atoms with Crippen LogP contribution >= 0.6 is 0 Å². The lowest BCUT2D eigenvalue weighted by Crippen LogP contribution is -2.52. The van der Waals surface area contributed by atoms with Gasteiger partial charge in [-0.3, -0.25) is 0 Å². The van der Waals surface area contributed by atoms with Crippen LogP contribution < -0.4 is 10.6 Å². The topological polar surface area (TPSA) is 61.4 Å². The van der Waals surface area contributed by atoms with E-state index in [1.54, 1.807) is 0 Å². The average molecular weight is 248 g/mol. The van der Waals surface area contributed by atoms with Gasteiger partial charge in [0.1, 0.15) is 0 Å². The van der Waals surface area contributed by atoms with Crippen molar-refractivity contribution in [2.45, 2.75) is 32.2 Å². The van der Waals surface area contributed by atoms with E-state index in [2.05, 4.69) is 10.6 Å². The van der Waals surface area contributed by atoms with E-state index >= 15 is 0 Å². The third kappa shape index (κ3) is 3.01. The Morgan fingerprint density at radius 2 is 2.22 bits per heavy atom. The molecule has 2 amide bonds. The number of carbonyl (C=O) groups excluding carboxylic acids is 1. The molecule has 0 saturated heterocycles. The van der Waals surface area contributed by atoms with Crippen LogP contribution in [0, 0.1) is 12.8 Å². The molecule has 0 aromatic heterocycles. The minimum absolute atomic E-state index is 0.0289. The summed E-state index contributed by atoms with van der Waals surface area (Å²) in [6.07, 6.45) is 2.14. The SMILES string of the molecule is Cc1cccc(NC(=O)NC(C)(CO)C2CC2)c1. The Kier molecular flexibility index (Phi) is 3.57. The highest BCUT2D eigenvalue weighted by atomic mass is 16.3. The molecule has 0 heterocycles. The van der Waals surface area contributed by atoms with Crippen LogP contribution in [0.4, 0.5) is 10.5 Å². The molecule has 4 heteroatoms. The Balaban J connectivity index is 1.96. The fourth-order valence-electron chi connectivity index (χ4n) is 2.14. The highest BCUT2D eigenvalue weighted by molar-refractivity contribution is 5.89. The lowest BCUT2D eigenvalue weighted by Gasteiger charge is -2.28. The summed E-state index contributed by atoms with van der Waals surface area (Å²) in [6.45, 7) is 3.84. The summed E-state index contributed by atoms with van der Waals surface area (Å²) in [5, 5.41) is 15.1. The number of amides is 2. The Hall–Kier alpha value is -1.55. The minimum Gasteiger partial charge on any atom is -0.394 e. The van der Waals surface area contributed by atoms with Crippen molar-refractivity contribution in [1.29, 1.82) is 0 Å². The van der Waals surface area contributed by atoms with E-state index in [4.69, 9.17) is 0 Å². The van der Waals surface area contributed by atoms with Gasteiger partial charge in [0.2, 0.25) is 0 Å². The monoisotopic (exact) mass is 248 g/mol. The van der Waals surface area contributed by atoms with Crippen LogP contribution in [0.1, 0.15) is 25.3 Å². The van der Waals surface area contributed by atoms with Crippen LogP contribution in [0.25, 0.3) is 0 Å². The molecule has 1 atom stereocenters. The third-order valence-corrected chi connectivity index (χ3v) is 3.48. The maximum atomic E-state index is 11.9. The molecule has 1 fully saturated rings. The van der Waals surface area contributed by atoms with Gasteiger partial charge in [-0.05, 0) is 50.3 Å². The molecule has 1 saturated carbocycles. The van der Waals surface area contributed by atoms with Crippen molar-refractivity contribution in [3.05, 3.63) is 29.8 Å². The average Bonchev–Trinajstić information content (AvgIpc) is 3.12. The van der Waals surface area contributed by atoms with Crippen molar-refractivity contribution in [3.63, 3.8) is 0 Å². The molecular formula is C14H20N2O2. The fourth-order valence-corrected chi connectivity index (χ4v) is 2.14. The Labute approximate surface area is 107 Å². The zero-order chi connectivity index (χ0) is 13.2. The molecule has 1 unspecified atom stereocenters. The van der Waals surface area contributed by atoms with Gasteiger partial charge in [0, 0.05) is 5.69 Å². The number of aliphatic hydroxyl groups is 1. The summed E-state index contributed by atoms with van der Waals surface area (Å²) in [7, 11) is 0. The smallest absolute Gasteiger partial charge is 0.319 e. The Morgan fingerprint density at radius 3 is 2.78 bits per heavy atom. The second-order valence-corrected chi connectivity index (χ2v) is 5.30. The normalized spacial score (nSPS) is 17.9. The largest absolute Gasteiger partial charge is 0.394 e. The summed E-state index contributed by atoms with van der Waals surface area (Å²) >= 11 is 0. The molecule has 0 bridgehead atoms. The number of urea groups is 1. The van der Waals surface area contributed by atoms with Gasteiger partial charge < -0.3 is 15.7 Å². The van der Waals surface area contributed by atoms with Crippen LogP contribution in [-0.2, 0) is 0 Å². The van der Waals surface area contributed by atoms with Crippen molar-refractivity contribution >= 4 is 11.7 Å². The summed E-state index contributed by atoms with van der Waals surface area (Å²) in [5.74, 6) is 0.394. The quantitative estimate of drug-likeness (QED) is 0.765. The summed E-state index contributed by atoms with van der Waals surface area (Å²) < 4.78 is 0. The first-order chi connectivity index (χ1) is 8.53. The summed E-state index contributed by atoms with van der Waals surface area (Å²) in [6, 6.07) is 7.37. The lowest BCUT2D eigenvalue weighted by atomic mass is 9.97. The zero-order valence-corrected chi connectivity index (χ0v) is 10.9. The lowest BCUT2D eigenvalue weighted by molar-refractivity contribution is 0.159. The van der Waals surface area contributed by atoms with Gasteiger partial charge in [0.05, 0.1) is 12.1 Å². The molecule has 4 nitrogen and oxygen atoms in total. The van der Waals surface area contributed by atoms with Gasteiger partial charge in [-0.1, -0.05) is 12.1 Å².